The van der Waals surface area contributed by atoms with Crippen molar-refractivity contribution in [3.8, 4) is 0 Å². The van der Waals surface area contributed by atoms with Gasteiger partial charge in [-0.25, -0.2) is 0 Å². The molecular weight excluding hydrogens is 348 g/mol. The van der Waals surface area contributed by atoms with Crippen molar-refractivity contribution >= 4 is 11.6 Å². The van der Waals surface area contributed by atoms with Crippen LogP contribution in [0.15, 0.2) is 41.3 Å². The molecule has 0 unspecified atom stereocenters. The minimum Gasteiger partial charge on any atom is -0.348 e. The highest BCUT2D eigenvalue weighted by molar-refractivity contribution is 5.94. The molecule has 1 saturated heterocycles. The largest absolute Gasteiger partial charge is 0.348 e. The molecular formula is C19H22N4O4. The number of amides is 1. The van der Waals surface area contributed by atoms with E-state index < -0.39 is 16.4 Å². The maximum Gasteiger partial charge on any atom is 0.286 e. The summed E-state index contributed by atoms with van der Waals surface area (Å²) in [6, 6.07) is 8.85. The van der Waals surface area contributed by atoms with Crippen molar-refractivity contribution in [2.75, 3.05) is 13.1 Å². The summed E-state index contributed by atoms with van der Waals surface area (Å²) in [7, 11) is 0. The van der Waals surface area contributed by atoms with Crippen molar-refractivity contribution in [3.63, 3.8) is 0 Å². The van der Waals surface area contributed by atoms with Crippen molar-refractivity contribution in [2.24, 2.45) is 0 Å². The van der Waals surface area contributed by atoms with Gasteiger partial charge in [-0.2, -0.15) is 0 Å². The van der Waals surface area contributed by atoms with Gasteiger partial charge in [0, 0.05) is 19.2 Å². The van der Waals surface area contributed by atoms with E-state index in [1.165, 1.54) is 19.3 Å². The van der Waals surface area contributed by atoms with Gasteiger partial charge in [-0.3, -0.25) is 24.6 Å². The summed E-state index contributed by atoms with van der Waals surface area (Å²) in [4.78, 5) is 39.0. The highest BCUT2D eigenvalue weighted by Crippen LogP contribution is 2.16. The number of nitro groups is 1. The molecule has 2 aromatic rings. The molecule has 1 aromatic carbocycles. The summed E-state index contributed by atoms with van der Waals surface area (Å²) in [5.41, 5.74) is 0.855. The van der Waals surface area contributed by atoms with Crippen LogP contribution in [0.2, 0.25) is 0 Å². The van der Waals surface area contributed by atoms with Gasteiger partial charge in [-0.1, -0.05) is 30.7 Å². The summed E-state index contributed by atoms with van der Waals surface area (Å²) in [5, 5.41) is 13.5. The van der Waals surface area contributed by atoms with Gasteiger partial charge in [0.05, 0.1) is 11.1 Å². The van der Waals surface area contributed by atoms with Crippen molar-refractivity contribution < 1.29 is 9.72 Å². The van der Waals surface area contributed by atoms with E-state index in [0.29, 0.717) is 0 Å². The van der Waals surface area contributed by atoms with Crippen LogP contribution in [-0.4, -0.2) is 33.8 Å². The number of benzene rings is 1. The lowest BCUT2D eigenvalue weighted by molar-refractivity contribution is -0.385. The second-order valence-electron chi connectivity index (χ2n) is 6.65. The van der Waals surface area contributed by atoms with E-state index in [4.69, 9.17) is 0 Å². The van der Waals surface area contributed by atoms with Gasteiger partial charge in [-0.05, 0) is 37.1 Å². The molecule has 8 heteroatoms. The summed E-state index contributed by atoms with van der Waals surface area (Å²) in [5.74, 6) is -0.632. The zero-order valence-corrected chi connectivity index (χ0v) is 14.9. The summed E-state index contributed by atoms with van der Waals surface area (Å²) in [6.07, 6.45) is 4.65. The Labute approximate surface area is 156 Å². The second kappa shape index (κ2) is 8.59. The van der Waals surface area contributed by atoms with Crippen LogP contribution in [0.25, 0.3) is 0 Å². The fourth-order valence-corrected chi connectivity index (χ4v) is 3.26. The van der Waals surface area contributed by atoms with E-state index in [1.807, 2.05) is 24.3 Å². The van der Waals surface area contributed by atoms with Crippen molar-refractivity contribution in [2.45, 2.75) is 32.4 Å². The third-order valence-electron chi connectivity index (χ3n) is 4.74. The Morgan fingerprint density at radius 2 is 1.89 bits per heavy atom. The van der Waals surface area contributed by atoms with Gasteiger partial charge in [0.15, 0.2) is 0 Å². The number of nitrogens with zero attached hydrogens (tertiary/aromatic N) is 2. The quantitative estimate of drug-likeness (QED) is 0.599. The fraction of sp³-hybridized carbons (Fsp3) is 0.368. The van der Waals surface area contributed by atoms with Crippen LogP contribution in [0.4, 0.5) is 5.69 Å². The molecule has 1 aliphatic heterocycles. The molecule has 1 aliphatic rings. The second-order valence-corrected chi connectivity index (χ2v) is 6.65. The van der Waals surface area contributed by atoms with Gasteiger partial charge in [0.25, 0.3) is 17.2 Å². The van der Waals surface area contributed by atoms with Crippen LogP contribution in [0.5, 0.6) is 0 Å². The van der Waals surface area contributed by atoms with Crippen LogP contribution >= 0.6 is 0 Å². The number of aromatic nitrogens is 1. The molecule has 27 heavy (non-hydrogen) atoms. The number of piperidine rings is 1. The summed E-state index contributed by atoms with van der Waals surface area (Å²) >= 11 is 0. The molecule has 3 rings (SSSR count). The van der Waals surface area contributed by atoms with Crippen LogP contribution < -0.4 is 10.9 Å². The number of carbonyl (C=O) groups is 1. The molecule has 0 spiro atoms. The predicted octanol–water partition coefficient (Wildman–Crippen LogP) is 2.20. The minimum atomic E-state index is -0.653. The maximum atomic E-state index is 12.4. The number of rotatable bonds is 6. The Bertz CT molecular complexity index is 887. The average molecular weight is 370 g/mol. The zero-order valence-electron chi connectivity index (χ0n) is 14.9. The first kappa shape index (κ1) is 18.8. The highest BCUT2D eigenvalue weighted by atomic mass is 16.6. The Morgan fingerprint density at radius 3 is 2.59 bits per heavy atom. The van der Waals surface area contributed by atoms with Gasteiger partial charge < -0.3 is 10.3 Å². The third-order valence-corrected chi connectivity index (χ3v) is 4.74. The number of H-pyrrole nitrogens is 1. The topological polar surface area (TPSA) is 108 Å². The first-order chi connectivity index (χ1) is 13.0. The summed E-state index contributed by atoms with van der Waals surface area (Å²) in [6.45, 7) is 3.22. The number of aromatic amines is 1. The number of nitrogens with one attached hydrogen (secondary N) is 2. The molecule has 0 bridgehead atoms. The Balaban J connectivity index is 1.70. The molecule has 2 N–H and O–H groups in total. The van der Waals surface area contributed by atoms with E-state index in [-0.39, 0.29) is 17.8 Å². The van der Waals surface area contributed by atoms with Crippen molar-refractivity contribution in [1.82, 2.24) is 15.2 Å². The predicted molar refractivity (Wildman–Crippen MR) is 100 cm³/mol. The van der Waals surface area contributed by atoms with Crippen LogP contribution in [-0.2, 0) is 13.1 Å². The van der Waals surface area contributed by atoms with Gasteiger partial charge >= 0.3 is 0 Å². The molecule has 1 aromatic heterocycles. The normalized spacial score (nSPS) is 14.7. The Morgan fingerprint density at radius 1 is 1.19 bits per heavy atom. The maximum absolute atomic E-state index is 12.4. The van der Waals surface area contributed by atoms with E-state index in [1.54, 1.807) is 0 Å². The Hall–Kier alpha value is -3.00. The van der Waals surface area contributed by atoms with Gasteiger partial charge in [-0.15, -0.1) is 0 Å². The van der Waals surface area contributed by atoms with Crippen LogP contribution in [0, 0.1) is 10.1 Å². The van der Waals surface area contributed by atoms with Crippen molar-refractivity contribution in [1.29, 1.82) is 0 Å². The zero-order chi connectivity index (χ0) is 19.2. The van der Waals surface area contributed by atoms with Gasteiger partial charge in [0.2, 0.25) is 0 Å². The fourth-order valence-electron chi connectivity index (χ4n) is 3.26. The first-order valence-corrected chi connectivity index (χ1v) is 8.99. The molecule has 142 valence electrons. The van der Waals surface area contributed by atoms with E-state index in [2.05, 4.69) is 15.2 Å². The number of hydrogen-bond donors (Lipinski definition) is 2. The van der Waals surface area contributed by atoms with Crippen molar-refractivity contribution in [3.05, 3.63) is 73.7 Å². The molecule has 0 radical (unpaired) electrons. The number of pyridine rings is 1. The van der Waals surface area contributed by atoms with Crippen LogP contribution in [0.3, 0.4) is 0 Å². The number of carbonyl (C=O) groups excluding carboxylic acids is 1. The first-order valence-electron chi connectivity index (χ1n) is 8.99. The molecule has 2 heterocycles. The van der Waals surface area contributed by atoms with Gasteiger partial charge in [0.1, 0.15) is 5.56 Å². The molecule has 8 nitrogen and oxygen atoms in total. The molecule has 0 aliphatic carbocycles. The smallest absolute Gasteiger partial charge is 0.286 e. The summed E-state index contributed by atoms with van der Waals surface area (Å²) < 4.78 is 0. The lowest BCUT2D eigenvalue weighted by Gasteiger charge is -2.27. The SMILES string of the molecule is O=C(NCc1ccccc1CN1CCCCC1)c1cc([N+](=O)[O-])c[nH]c1=O. The minimum absolute atomic E-state index is 0.255. The lowest BCUT2D eigenvalue weighted by atomic mass is 10.0. The number of hydrogen-bond acceptors (Lipinski definition) is 5. The standard InChI is InChI=1S/C19H22N4O4/c24-18(17-10-16(23(26)27)12-21-19(17)25)20-11-14-6-2-3-7-15(14)13-22-8-4-1-5-9-22/h2-3,6-7,10,12H,1,4-5,8-9,11,13H2,(H,20,24)(H,21,25). The lowest BCUT2D eigenvalue weighted by Crippen LogP contribution is -2.31. The van der Waals surface area contributed by atoms with E-state index >= 15 is 0 Å². The Kier molecular flexibility index (Phi) is 5.97. The average Bonchev–Trinajstić information content (AvgIpc) is 2.68. The molecule has 1 amide bonds. The van der Waals surface area contributed by atoms with E-state index in [0.717, 1.165) is 43.0 Å². The monoisotopic (exact) mass is 370 g/mol. The third kappa shape index (κ3) is 4.79. The van der Waals surface area contributed by atoms with E-state index in [9.17, 15) is 19.7 Å². The number of likely N-dealkylation sites (tertiary alicyclic amines) is 1. The van der Waals surface area contributed by atoms with Crippen LogP contribution in [0.1, 0.15) is 40.7 Å². The molecule has 0 atom stereocenters. The molecule has 1 fully saturated rings. The highest BCUT2D eigenvalue weighted by Gasteiger charge is 2.17. The molecule has 0 saturated carbocycles.